The van der Waals surface area contributed by atoms with Gasteiger partial charge < -0.3 is 24.4 Å². The summed E-state index contributed by atoms with van der Waals surface area (Å²) in [6.45, 7) is 2.19. The van der Waals surface area contributed by atoms with Gasteiger partial charge in [0.05, 0.1) is 32.1 Å². The number of likely N-dealkylation sites (tertiary alicyclic amines) is 1. The Morgan fingerprint density at radius 1 is 0.976 bits per heavy atom. The molecule has 3 aromatic rings. The van der Waals surface area contributed by atoms with Crippen molar-refractivity contribution in [2.24, 2.45) is 0 Å². The van der Waals surface area contributed by atoms with E-state index in [1.54, 1.807) is 30.0 Å². The first-order valence-corrected chi connectivity index (χ1v) is 16.1. The van der Waals surface area contributed by atoms with Crippen LogP contribution < -0.4 is 14.8 Å². The maximum atomic E-state index is 14.5. The molecule has 1 heterocycles. The first-order chi connectivity index (χ1) is 20.2. The molecule has 3 unspecified atom stereocenters. The lowest BCUT2D eigenvalue weighted by atomic mass is 10.0. The summed E-state index contributed by atoms with van der Waals surface area (Å²) >= 11 is 0. The number of carbonyl (C=O) groups is 2. The van der Waals surface area contributed by atoms with Gasteiger partial charge in [-0.15, -0.1) is 0 Å². The van der Waals surface area contributed by atoms with Crippen LogP contribution in [0.4, 0.5) is 5.69 Å². The van der Waals surface area contributed by atoms with E-state index in [2.05, 4.69) is 5.32 Å². The average molecular weight is 595 g/mol. The third kappa shape index (κ3) is 8.03. The number of amides is 1. The highest BCUT2D eigenvalue weighted by Crippen LogP contribution is 2.40. The normalized spacial score (nSPS) is 17.4. The van der Waals surface area contributed by atoms with Gasteiger partial charge in [-0.2, -0.15) is 0 Å². The molecule has 1 N–H and O–H groups in total. The fourth-order valence-corrected chi connectivity index (χ4v) is 5.85. The molecule has 0 aromatic heterocycles. The number of hydrogen-bond acceptors (Lipinski definition) is 8. The number of sulfone groups is 1. The first-order valence-electron chi connectivity index (χ1n) is 14.0. The van der Waals surface area contributed by atoms with Crippen LogP contribution >= 0.6 is 0 Å². The summed E-state index contributed by atoms with van der Waals surface area (Å²) in [5.74, 6) is 0.320. The van der Waals surface area contributed by atoms with Crippen LogP contribution in [-0.4, -0.2) is 63.6 Å². The fraction of sp³-hybridized carbons (Fsp3) is 0.375. The Kier molecular flexibility index (Phi) is 10.5. The van der Waals surface area contributed by atoms with Crippen LogP contribution in [0.5, 0.6) is 11.5 Å². The number of nitrogens with zero attached hydrogens (tertiary/aromatic N) is 1. The van der Waals surface area contributed by atoms with Crippen LogP contribution in [0.1, 0.15) is 49.4 Å². The van der Waals surface area contributed by atoms with Crippen molar-refractivity contribution >= 4 is 27.4 Å². The zero-order chi connectivity index (χ0) is 30.1. The molecule has 224 valence electrons. The summed E-state index contributed by atoms with van der Waals surface area (Å²) in [6, 6.07) is 22.4. The Labute approximate surface area is 247 Å². The lowest BCUT2D eigenvalue weighted by Gasteiger charge is -2.33. The number of hydrogen-bond donors (Lipinski definition) is 1. The van der Waals surface area contributed by atoms with E-state index in [0.717, 1.165) is 11.1 Å². The van der Waals surface area contributed by atoms with Gasteiger partial charge in [0.25, 0.3) is 5.91 Å². The molecule has 3 aromatic carbocycles. The van der Waals surface area contributed by atoms with Gasteiger partial charge in [-0.05, 0) is 37.3 Å². The molecular formula is C32H38N2O7S. The van der Waals surface area contributed by atoms with Crippen LogP contribution in [0.2, 0.25) is 0 Å². The maximum Gasteiger partial charge on any atom is 0.328 e. The lowest BCUT2D eigenvalue weighted by molar-refractivity contribution is -0.154. The summed E-state index contributed by atoms with van der Waals surface area (Å²) in [6.07, 6.45) is 2.66. The molecular weight excluding hydrogens is 556 g/mol. The van der Waals surface area contributed by atoms with Crippen LogP contribution in [-0.2, 0) is 24.2 Å². The first kappa shape index (κ1) is 30.9. The third-order valence-electron chi connectivity index (χ3n) is 7.12. The van der Waals surface area contributed by atoms with Crippen molar-refractivity contribution in [3.8, 4) is 11.5 Å². The van der Waals surface area contributed by atoms with E-state index in [4.69, 9.17) is 14.2 Å². The van der Waals surface area contributed by atoms with Crippen molar-refractivity contribution in [1.82, 2.24) is 4.90 Å². The van der Waals surface area contributed by atoms with Crippen molar-refractivity contribution in [2.75, 3.05) is 37.6 Å². The van der Waals surface area contributed by atoms with Crippen molar-refractivity contribution in [3.05, 3.63) is 90.0 Å². The van der Waals surface area contributed by atoms with E-state index >= 15 is 0 Å². The second-order valence-corrected chi connectivity index (χ2v) is 12.5. The highest BCUT2D eigenvalue weighted by atomic mass is 32.2. The number of nitrogens with one attached hydrogen (secondary N) is 1. The zero-order valence-electron chi connectivity index (χ0n) is 24.2. The molecule has 1 amide bonds. The lowest BCUT2D eigenvalue weighted by Crippen LogP contribution is -2.46. The van der Waals surface area contributed by atoms with Crippen LogP contribution in [0.3, 0.4) is 0 Å². The predicted octanol–water partition coefficient (Wildman–Crippen LogP) is 4.96. The summed E-state index contributed by atoms with van der Waals surface area (Å²) < 4.78 is 39.7. The Morgan fingerprint density at radius 3 is 2.29 bits per heavy atom. The predicted molar refractivity (Wildman–Crippen MR) is 161 cm³/mol. The molecule has 10 heteroatoms. The van der Waals surface area contributed by atoms with Gasteiger partial charge in [-0.1, -0.05) is 60.7 Å². The smallest absolute Gasteiger partial charge is 0.328 e. The molecule has 0 spiro atoms. The quantitative estimate of drug-likeness (QED) is 0.219. The molecule has 9 nitrogen and oxygen atoms in total. The van der Waals surface area contributed by atoms with E-state index < -0.39 is 27.9 Å². The fourth-order valence-electron chi connectivity index (χ4n) is 5.21. The molecule has 0 radical (unpaired) electrons. The zero-order valence-corrected chi connectivity index (χ0v) is 25.0. The molecule has 0 saturated carbocycles. The highest BCUT2D eigenvalue weighted by Gasteiger charge is 2.44. The summed E-state index contributed by atoms with van der Waals surface area (Å²) in [4.78, 5) is 29.3. The molecule has 1 aliphatic heterocycles. The number of rotatable bonds is 13. The van der Waals surface area contributed by atoms with Gasteiger partial charge in [0.15, 0.2) is 0 Å². The molecule has 0 bridgehead atoms. The van der Waals surface area contributed by atoms with Gasteiger partial charge in [-0.25, -0.2) is 13.2 Å². The van der Waals surface area contributed by atoms with Crippen molar-refractivity contribution < 1.29 is 32.2 Å². The van der Waals surface area contributed by atoms with E-state index in [0.29, 0.717) is 36.4 Å². The van der Waals surface area contributed by atoms with Crippen molar-refractivity contribution in [2.45, 2.75) is 44.3 Å². The minimum absolute atomic E-state index is 0.0205. The van der Waals surface area contributed by atoms with Crippen LogP contribution in [0, 0.1) is 0 Å². The molecule has 1 saturated heterocycles. The Morgan fingerprint density at radius 2 is 1.64 bits per heavy atom. The number of methoxy groups -OCH3 is 1. The Bertz CT molecular complexity index is 1450. The maximum absolute atomic E-state index is 14.5. The minimum atomic E-state index is -3.10. The number of anilines is 1. The second kappa shape index (κ2) is 14.2. The second-order valence-electron chi connectivity index (χ2n) is 10.2. The van der Waals surface area contributed by atoms with Crippen molar-refractivity contribution in [3.63, 3.8) is 0 Å². The standard InChI is InChI=1S/C32H38N2O7S/c1-4-40-32(36)29-17-16-28(23-12-7-5-8-13-23)34(29)31(35)30(24-14-9-6-10-15-24)33-25-20-26(39-2)22-27(21-25)41-18-11-19-42(3,37)38/h5-10,12-15,20-22,28-30,33H,4,11,16-19H2,1-3H3. The summed E-state index contributed by atoms with van der Waals surface area (Å²) in [5.41, 5.74) is 2.25. The SMILES string of the molecule is CCOC(=O)C1CCC(c2ccccc2)N1C(=O)C(Nc1cc(OC)cc(OCCCS(C)(=O)=O)c1)c1ccccc1. The number of esters is 1. The van der Waals surface area contributed by atoms with E-state index in [-0.39, 0.29) is 30.9 Å². The van der Waals surface area contributed by atoms with E-state index in [1.807, 2.05) is 60.7 Å². The van der Waals surface area contributed by atoms with Gasteiger partial charge >= 0.3 is 5.97 Å². The number of ether oxygens (including phenoxy) is 3. The molecule has 1 aliphatic rings. The Balaban J connectivity index is 1.67. The van der Waals surface area contributed by atoms with Crippen molar-refractivity contribution in [1.29, 1.82) is 0 Å². The topological polar surface area (TPSA) is 111 Å². The number of benzene rings is 3. The molecule has 42 heavy (non-hydrogen) atoms. The largest absolute Gasteiger partial charge is 0.497 e. The molecule has 4 rings (SSSR count). The van der Waals surface area contributed by atoms with Gasteiger partial charge in [-0.3, -0.25) is 4.79 Å². The monoisotopic (exact) mass is 594 g/mol. The molecule has 0 aliphatic carbocycles. The summed E-state index contributed by atoms with van der Waals surface area (Å²) in [7, 11) is -1.56. The molecule has 3 atom stereocenters. The minimum Gasteiger partial charge on any atom is -0.497 e. The third-order valence-corrected chi connectivity index (χ3v) is 8.15. The highest BCUT2D eigenvalue weighted by molar-refractivity contribution is 7.90. The molecule has 1 fully saturated rings. The van der Waals surface area contributed by atoms with Gasteiger partial charge in [0.2, 0.25) is 0 Å². The number of carbonyl (C=O) groups excluding carboxylic acids is 2. The summed E-state index contributed by atoms with van der Waals surface area (Å²) in [5, 5.41) is 3.37. The van der Waals surface area contributed by atoms with E-state index in [9.17, 15) is 18.0 Å². The Hall–Kier alpha value is -4.05. The van der Waals surface area contributed by atoms with Crippen LogP contribution in [0.25, 0.3) is 0 Å². The van der Waals surface area contributed by atoms with E-state index in [1.165, 1.54) is 13.4 Å². The van der Waals surface area contributed by atoms with Crippen LogP contribution in [0.15, 0.2) is 78.9 Å². The average Bonchev–Trinajstić information content (AvgIpc) is 3.44. The van der Waals surface area contributed by atoms with Gasteiger partial charge in [0.1, 0.15) is 33.4 Å². The van der Waals surface area contributed by atoms with Gasteiger partial charge in [0, 0.05) is 30.1 Å².